The number of benzene rings is 3. The molecule has 2 fully saturated rings. The van der Waals surface area contributed by atoms with Crippen molar-refractivity contribution in [2.45, 2.75) is 69.9 Å². The number of aromatic nitrogens is 2. The van der Waals surface area contributed by atoms with Gasteiger partial charge >= 0.3 is 0 Å². The topological polar surface area (TPSA) is 210 Å². The van der Waals surface area contributed by atoms with Crippen LogP contribution in [0.25, 0.3) is 0 Å². The quantitative estimate of drug-likeness (QED) is 0.0690. The van der Waals surface area contributed by atoms with Crippen LogP contribution in [0, 0.1) is 6.92 Å². The van der Waals surface area contributed by atoms with Gasteiger partial charge in [0.25, 0.3) is 11.8 Å². The van der Waals surface area contributed by atoms with Crippen molar-refractivity contribution >= 4 is 75.0 Å². The number of anilines is 6. The van der Waals surface area contributed by atoms with Crippen LogP contribution in [0.5, 0.6) is 0 Å². The summed E-state index contributed by atoms with van der Waals surface area (Å²) < 4.78 is 15.9. The van der Waals surface area contributed by atoms with E-state index < -0.39 is 40.7 Å². The summed E-state index contributed by atoms with van der Waals surface area (Å²) in [6.45, 7) is 12.2. The van der Waals surface area contributed by atoms with Gasteiger partial charge in [-0.2, -0.15) is 4.98 Å². The lowest BCUT2D eigenvalue weighted by Crippen LogP contribution is -2.54. The van der Waals surface area contributed by atoms with Crippen LogP contribution in [-0.4, -0.2) is 111 Å². The summed E-state index contributed by atoms with van der Waals surface area (Å²) in [6, 6.07) is 19.5. The predicted molar refractivity (Wildman–Crippen MR) is 238 cm³/mol. The number of hydrogen-bond donors (Lipinski definition) is 6. The van der Waals surface area contributed by atoms with Gasteiger partial charge in [0.15, 0.2) is 0 Å². The van der Waals surface area contributed by atoms with Crippen LogP contribution < -0.4 is 36.2 Å². The molecule has 4 aromatic rings. The number of piperazine rings is 1. The molecule has 17 nitrogen and oxygen atoms in total. The minimum absolute atomic E-state index is 0.0320. The Balaban J connectivity index is 0.808. The molecule has 6 N–H and O–H groups in total. The molecule has 5 amide bonds. The van der Waals surface area contributed by atoms with Gasteiger partial charge in [-0.25, -0.2) is 13.9 Å². The molecular formula is C44H53N11O6S. The maximum atomic E-state index is 13.3. The molecule has 18 heteroatoms. The molecule has 0 aliphatic carbocycles. The number of nitrogens with zero attached hydrogens (tertiary/aromatic N) is 5. The van der Waals surface area contributed by atoms with Crippen molar-refractivity contribution in [2.24, 2.45) is 0 Å². The third kappa shape index (κ3) is 10.8. The Kier molecular flexibility index (Phi) is 13.6. The van der Waals surface area contributed by atoms with Gasteiger partial charge in [-0.15, -0.1) is 0 Å². The number of nitrogens with one attached hydrogen (secondary N) is 6. The highest BCUT2D eigenvalue weighted by Gasteiger charge is 2.45. The number of piperidine rings is 1. The third-order valence-electron chi connectivity index (χ3n) is 10.6. The lowest BCUT2D eigenvalue weighted by atomic mass is 10.0. The molecule has 2 saturated heterocycles. The van der Waals surface area contributed by atoms with E-state index in [-0.39, 0.29) is 35.4 Å². The minimum Gasteiger partial charge on any atom is -0.384 e. The van der Waals surface area contributed by atoms with Gasteiger partial charge in [0.1, 0.15) is 22.8 Å². The fourth-order valence-electron chi connectivity index (χ4n) is 7.46. The van der Waals surface area contributed by atoms with E-state index in [1.165, 1.54) is 0 Å². The maximum Gasteiger partial charge on any atom is 0.264 e. The van der Waals surface area contributed by atoms with E-state index in [9.17, 15) is 28.2 Å². The van der Waals surface area contributed by atoms with Gasteiger partial charge in [-0.1, -0.05) is 12.1 Å². The van der Waals surface area contributed by atoms with Crippen LogP contribution >= 0.6 is 0 Å². The van der Waals surface area contributed by atoms with Crippen molar-refractivity contribution in [2.75, 3.05) is 66.7 Å². The molecule has 7 rings (SSSR count). The lowest BCUT2D eigenvalue weighted by molar-refractivity contribution is -0.136. The molecule has 1 aromatic heterocycles. The largest absolute Gasteiger partial charge is 0.384 e. The monoisotopic (exact) mass is 863 g/mol. The van der Waals surface area contributed by atoms with Crippen molar-refractivity contribution in [1.82, 2.24) is 35.1 Å². The number of amides is 5. The Bertz CT molecular complexity index is 2360. The number of hydrogen-bond acceptors (Lipinski definition) is 13. The van der Waals surface area contributed by atoms with Gasteiger partial charge in [0, 0.05) is 85.7 Å². The van der Waals surface area contributed by atoms with Crippen LogP contribution in [0.3, 0.4) is 0 Å². The molecule has 0 radical (unpaired) electrons. The van der Waals surface area contributed by atoms with Crippen molar-refractivity contribution in [1.29, 1.82) is 0 Å². The number of rotatable bonds is 16. The van der Waals surface area contributed by atoms with Gasteiger partial charge in [0.05, 0.1) is 22.6 Å². The van der Waals surface area contributed by atoms with Crippen molar-refractivity contribution in [3.05, 3.63) is 89.6 Å². The van der Waals surface area contributed by atoms with Crippen LogP contribution in [0.15, 0.2) is 77.8 Å². The van der Waals surface area contributed by atoms with E-state index in [2.05, 4.69) is 58.2 Å². The third-order valence-corrected chi connectivity index (χ3v) is 12.1. The molecule has 2 atom stereocenters. The first-order chi connectivity index (χ1) is 29.7. The first-order valence-electron chi connectivity index (χ1n) is 20.8. The zero-order valence-corrected chi connectivity index (χ0v) is 36.2. The molecule has 0 saturated carbocycles. The second kappa shape index (κ2) is 19.2. The summed E-state index contributed by atoms with van der Waals surface area (Å²) >= 11 is 0. The fourth-order valence-corrected chi connectivity index (χ4v) is 8.57. The van der Waals surface area contributed by atoms with Gasteiger partial charge in [-0.3, -0.25) is 39.1 Å². The smallest absolute Gasteiger partial charge is 0.264 e. The summed E-state index contributed by atoms with van der Waals surface area (Å²) in [6.07, 6.45) is 3.34. The number of carbonyl (C=O) groups excluding carboxylic acids is 5. The second-order valence-electron chi connectivity index (χ2n) is 16.6. The van der Waals surface area contributed by atoms with Crippen molar-refractivity contribution in [3.8, 4) is 0 Å². The zero-order chi connectivity index (χ0) is 44.0. The Morgan fingerprint density at radius 3 is 2.37 bits per heavy atom. The Hall–Kier alpha value is -6.24. The highest BCUT2D eigenvalue weighted by Crippen LogP contribution is 2.32. The number of fused-ring (bicyclic) bond motifs is 1. The maximum absolute atomic E-state index is 13.3. The average Bonchev–Trinajstić information content (AvgIpc) is 3.49. The minimum atomic E-state index is -1.36. The molecule has 0 spiro atoms. The van der Waals surface area contributed by atoms with Crippen LogP contribution in [-0.2, 0) is 25.4 Å². The summed E-state index contributed by atoms with van der Waals surface area (Å²) in [5, 5.41) is 15.1. The molecule has 0 bridgehead atoms. The second-order valence-corrected chi connectivity index (χ2v) is 17.8. The highest BCUT2D eigenvalue weighted by molar-refractivity contribution is 7.83. The van der Waals surface area contributed by atoms with Crippen LogP contribution in [0.1, 0.15) is 72.7 Å². The van der Waals surface area contributed by atoms with Gasteiger partial charge < -0.3 is 26.2 Å². The molecule has 326 valence electrons. The van der Waals surface area contributed by atoms with Crippen molar-refractivity contribution in [3.63, 3.8) is 0 Å². The molecule has 3 aliphatic rings. The fraction of sp³-hybridized carbons (Fsp3) is 0.386. The SMILES string of the molecule is Cc1cnc(Nc2ccc(N3CCN(CC(=O)NCCCCNc4cccc5c4C(=O)N(C4CCC(=O)NC4=O)C5=O)CC3)cc2)nc1Nc1cccc(S(=O)NC(C)(C)C)c1. The standard InChI is InChI=1S/C44H53N11O6S/c1-28-26-47-43(51-39(28)48-30-9-7-10-32(25-30)62(61)52-44(2,3)4)49-29-13-15-31(16-14-29)54-23-21-53(22-24-54)27-37(57)46-20-6-5-19-45-34-12-8-11-33-38(34)42(60)55(41(33)59)35-17-18-36(56)50-40(35)58/h7-16,25-26,35,45,52H,5-6,17-24,27H2,1-4H3,(H,46,57)(H,50,56,58)(H2,47,48,49,51). The molecular weight excluding hydrogens is 811 g/mol. The zero-order valence-electron chi connectivity index (χ0n) is 35.4. The first-order valence-corrected chi connectivity index (χ1v) is 22.0. The van der Waals surface area contributed by atoms with E-state index in [0.717, 1.165) is 53.7 Å². The molecule has 3 aliphatic heterocycles. The molecule has 62 heavy (non-hydrogen) atoms. The number of imide groups is 2. The Morgan fingerprint density at radius 1 is 0.887 bits per heavy atom. The Morgan fingerprint density at radius 2 is 1.63 bits per heavy atom. The molecule has 3 aromatic carbocycles. The van der Waals surface area contributed by atoms with E-state index in [4.69, 9.17) is 4.98 Å². The lowest BCUT2D eigenvalue weighted by Gasteiger charge is -2.35. The summed E-state index contributed by atoms with van der Waals surface area (Å²) in [4.78, 5) is 78.4. The predicted octanol–water partition coefficient (Wildman–Crippen LogP) is 4.21. The van der Waals surface area contributed by atoms with Crippen LogP contribution in [0.4, 0.5) is 34.5 Å². The van der Waals surface area contributed by atoms with E-state index in [0.29, 0.717) is 54.8 Å². The number of carbonyl (C=O) groups is 5. The average molecular weight is 864 g/mol. The summed E-state index contributed by atoms with van der Waals surface area (Å²) in [7, 11) is -1.36. The van der Waals surface area contributed by atoms with Gasteiger partial charge in [0.2, 0.25) is 23.7 Å². The normalized spacial score (nSPS) is 17.4. The summed E-state index contributed by atoms with van der Waals surface area (Å²) in [5.74, 6) is -1.11. The number of aryl methyl sites for hydroxylation is 1. The van der Waals surface area contributed by atoms with Crippen molar-refractivity contribution < 1.29 is 28.2 Å². The van der Waals surface area contributed by atoms with E-state index in [1.54, 1.807) is 24.4 Å². The molecule has 2 unspecified atom stereocenters. The van der Waals surface area contributed by atoms with E-state index >= 15 is 0 Å². The van der Waals surface area contributed by atoms with Crippen LogP contribution in [0.2, 0.25) is 0 Å². The van der Waals surface area contributed by atoms with Gasteiger partial charge in [-0.05, 0) is 102 Å². The number of unbranched alkanes of at least 4 members (excludes halogenated alkanes) is 1. The molecule has 4 heterocycles. The highest BCUT2D eigenvalue weighted by atomic mass is 32.2. The van der Waals surface area contributed by atoms with E-state index in [1.807, 2.05) is 64.1 Å². The first kappa shape index (κ1) is 43.8. The Labute approximate surface area is 363 Å². The summed E-state index contributed by atoms with van der Waals surface area (Å²) in [5.41, 5.74) is 4.23.